The molecule has 5 heteroatoms. The Bertz CT molecular complexity index is 458. The Morgan fingerprint density at radius 2 is 1.88 bits per heavy atom. The molecule has 1 aromatic rings. The first-order valence-corrected chi connectivity index (χ1v) is 6.03. The summed E-state index contributed by atoms with van der Waals surface area (Å²) in [5.74, 6) is -0.673. The second-order valence-electron chi connectivity index (χ2n) is 4.15. The number of nitrogens with one attached hydrogen (secondary N) is 1. The summed E-state index contributed by atoms with van der Waals surface area (Å²) in [5, 5.41) is 2.91. The topological polar surface area (TPSA) is 46.2 Å². The summed E-state index contributed by atoms with van der Waals surface area (Å²) in [6.45, 7) is 0. The van der Waals surface area contributed by atoms with E-state index in [1.807, 2.05) is 12.1 Å². The van der Waals surface area contributed by atoms with E-state index in [1.165, 1.54) is 0 Å². The van der Waals surface area contributed by atoms with E-state index in [4.69, 9.17) is 23.2 Å². The SMILES string of the molecule is O=C1CCC(Cl)(Cc2ccc(Cl)cc2)C(=O)N1. The van der Waals surface area contributed by atoms with Gasteiger partial charge in [0.1, 0.15) is 4.87 Å². The highest BCUT2D eigenvalue weighted by Crippen LogP contribution is 2.30. The Labute approximate surface area is 109 Å². The third kappa shape index (κ3) is 2.79. The predicted molar refractivity (Wildman–Crippen MR) is 66.1 cm³/mol. The minimum atomic E-state index is -1.03. The number of benzene rings is 1. The van der Waals surface area contributed by atoms with Gasteiger partial charge in [0.15, 0.2) is 0 Å². The van der Waals surface area contributed by atoms with E-state index in [1.54, 1.807) is 12.1 Å². The fourth-order valence-corrected chi connectivity index (χ4v) is 2.24. The molecule has 90 valence electrons. The van der Waals surface area contributed by atoms with Crippen LogP contribution in [0.1, 0.15) is 18.4 Å². The van der Waals surface area contributed by atoms with Gasteiger partial charge in [0, 0.05) is 17.9 Å². The zero-order valence-corrected chi connectivity index (χ0v) is 10.5. The third-order valence-corrected chi connectivity index (χ3v) is 3.55. The molecule has 2 rings (SSSR count). The molecule has 1 unspecified atom stereocenters. The van der Waals surface area contributed by atoms with Gasteiger partial charge in [-0.05, 0) is 24.1 Å². The molecule has 0 aliphatic carbocycles. The highest BCUT2D eigenvalue weighted by molar-refractivity contribution is 6.36. The quantitative estimate of drug-likeness (QED) is 0.663. The van der Waals surface area contributed by atoms with Crippen molar-refractivity contribution in [3.8, 4) is 0 Å². The first kappa shape index (κ1) is 12.4. The second kappa shape index (κ2) is 4.67. The summed E-state index contributed by atoms with van der Waals surface area (Å²) in [6, 6.07) is 7.17. The van der Waals surface area contributed by atoms with E-state index in [0.29, 0.717) is 17.9 Å². The van der Waals surface area contributed by atoms with Gasteiger partial charge in [0.25, 0.3) is 0 Å². The number of alkyl halides is 1. The predicted octanol–water partition coefficient (Wildman–Crippen LogP) is 2.30. The lowest BCUT2D eigenvalue weighted by atomic mass is 9.90. The molecule has 1 saturated heterocycles. The molecule has 1 N–H and O–H groups in total. The van der Waals surface area contributed by atoms with Crippen LogP contribution in [0.15, 0.2) is 24.3 Å². The van der Waals surface area contributed by atoms with E-state index >= 15 is 0 Å². The fourth-order valence-electron chi connectivity index (χ4n) is 1.82. The zero-order valence-electron chi connectivity index (χ0n) is 9.00. The first-order valence-electron chi connectivity index (χ1n) is 5.27. The molecule has 1 heterocycles. The normalized spacial score (nSPS) is 24.6. The lowest BCUT2D eigenvalue weighted by Crippen LogP contribution is -2.51. The van der Waals surface area contributed by atoms with Gasteiger partial charge in [-0.3, -0.25) is 14.9 Å². The van der Waals surface area contributed by atoms with Crippen molar-refractivity contribution in [2.75, 3.05) is 0 Å². The van der Waals surface area contributed by atoms with Crippen LogP contribution in [0.3, 0.4) is 0 Å². The molecule has 0 saturated carbocycles. The van der Waals surface area contributed by atoms with Gasteiger partial charge < -0.3 is 0 Å². The molecule has 2 amide bonds. The minimum absolute atomic E-state index is 0.262. The maximum atomic E-state index is 11.7. The smallest absolute Gasteiger partial charge is 0.248 e. The molecular formula is C12H11Cl2NO2. The van der Waals surface area contributed by atoms with Crippen LogP contribution in [0.2, 0.25) is 5.02 Å². The number of hydrogen-bond donors (Lipinski definition) is 1. The van der Waals surface area contributed by atoms with Crippen LogP contribution in [-0.4, -0.2) is 16.7 Å². The Balaban J connectivity index is 2.14. The van der Waals surface area contributed by atoms with E-state index in [9.17, 15) is 9.59 Å². The van der Waals surface area contributed by atoms with Gasteiger partial charge in [-0.25, -0.2) is 0 Å². The van der Waals surface area contributed by atoms with Gasteiger partial charge in [-0.15, -0.1) is 11.6 Å². The summed E-state index contributed by atoms with van der Waals surface area (Å²) >= 11 is 12.0. The number of carbonyl (C=O) groups is 2. The summed E-state index contributed by atoms with van der Waals surface area (Å²) in [7, 11) is 0. The van der Waals surface area contributed by atoms with Gasteiger partial charge >= 0.3 is 0 Å². The maximum absolute atomic E-state index is 11.7. The van der Waals surface area contributed by atoms with Crippen molar-refractivity contribution >= 4 is 35.0 Å². The zero-order chi connectivity index (χ0) is 12.5. The van der Waals surface area contributed by atoms with Gasteiger partial charge in [0.2, 0.25) is 11.8 Å². The minimum Gasteiger partial charge on any atom is -0.295 e. The first-order chi connectivity index (χ1) is 7.99. The van der Waals surface area contributed by atoms with Gasteiger partial charge in [0.05, 0.1) is 0 Å². The maximum Gasteiger partial charge on any atom is 0.248 e. The fraction of sp³-hybridized carbons (Fsp3) is 0.333. The molecule has 17 heavy (non-hydrogen) atoms. The van der Waals surface area contributed by atoms with Gasteiger partial charge in [-0.1, -0.05) is 23.7 Å². The number of amides is 2. The van der Waals surface area contributed by atoms with Gasteiger partial charge in [-0.2, -0.15) is 0 Å². The number of halogens is 2. The molecule has 1 atom stereocenters. The van der Waals surface area contributed by atoms with Crippen molar-refractivity contribution < 1.29 is 9.59 Å². The summed E-state index contributed by atoms with van der Waals surface area (Å²) in [5.41, 5.74) is 0.925. The van der Waals surface area contributed by atoms with E-state index in [2.05, 4.69) is 5.32 Å². The molecule has 1 aliphatic heterocycles. The number of piperidine rings is 1. The molecule has 0 bridgehead atoms. The molecular weight excluding hydrogens is 261 g/mol. The standard InChI is InChI=1S/C12H11Cl2NO2/c13-9-3-1-8(2-4-9)7-12(14)6-5-10(16)15-11(12)17/h1-4H,5-7H2,(H,15,16,17). The highest BCUT2D eigenvalue weighted by Gasteiger charge is 2.40. The van der Waals surface area contributed by atoms with Crippen LogP contribution in [-0.2, 0) is 16.0 Å². The average molecular weight is 272 g/mol. The second-order valence-corrected chi connectivity index (χ2v) is 5.31. The Morgan fingerprint density at radius 3 is 2.47 bits per heavy atom. The summed E-state index contributed by atoms with van der Waals surface area (Å²) in [6.07, 6.45) is 1.04. The number of hydrogen-bond acceptors (Lipinski definition) is 2. The molecule has 1 fully saturated rings. The average Bonchev–Trinajstić information content (AvgIpc) is 2.28. The van der Waals surface area contributed by atoms with Crippen LogP contribution in [0.5, 0.6) is 0 Å². The van der Waals surface area contributed by atoms with Crippen molar-refractivity contribution in [1.82, 2.24) is 5.32 Å². The van der Waals surface area contributed by atoms with E-state index in [-0.39, 0.29) is 12.3 Å². The van der Waals surface area contributed by atoms with Crippen LogP contribution >= 0.6 is 23.2 Å². The van der Waals surface area contributed by atoms with Crippen LogP contribution < -0.4 is 5.32 Å². The molecule has 1 aromatic carbocycles. The van der Waals surface area contributed by atoms with Crippen molar-refractivity contribution in [2.45, 2.75) is 24.1 Å². The van der Waals surface area contributed by atoms with Crippen molar-refractivity contribution in [1.29, 1.82) is 0 Å². The Morgan fingerprint density at radius 1 is 1.24 bits per heavy atom. The summed E-state index contributed by atoms with van der Waals surface area (Å²) in [4.78, 5) is 21.7. The summed E-state index contributed by atoms with van der Waals surface area (Å²) < 4.78 is 0. The lowest BCUT2D eigenvalue weighted by molar-refractivity contribution is -0.135. The van der Waals surface area contributed by atoms with Crippen molar-refractivity contribution in [2.24, 2.45) is 0 Å². The monoisotopic (exact) mass is 271 g/mol. The highest BCUT2D eigenvalue weighted by atomic mass is 35.5. The molecule has 1 aliphatic rings. The molecule has 3 nitrogen and oxygen atoms in total. The largest absolute Gasteiger partial charge is 0.295 e. The molecule has 0 spiro atoms. The number of carbonyl (C=O) groups excluding carboxylic acids is 2. The molecule has 0 aromatic heterocycles. The van der Waals surface area contributed by atoms with Crippen molar-refractivity contribution in [3.63, 3.8) is 0 Å². The van der Waals surface area contributed by atoms with Crippen LogP contribution in [0.4, 0.5) is 0 Å². The Kier molecular flexibility index (Phi) is 3.40. The van der Waals surface area contributed by atoms with E-state index in [0.717, 1.165) is 5.56 Å². The number of imide groups is 1. The lowest BCUT2D eigenvalue weighted by Gasteiger charge is -2.29. The van der Waals surface area contributed by atoms with Crippen LogP contribution in [0, 0.1) is 0 Å². The van der Waals surface area contributed by atoms with Crippen molar-refractivity contribution in [3.05, 3.63) is 34.9 Å². The van der Waals surface area contributed by atoms with E-state index < -0.39 is 10.8 Å². The third-order valence-electron chi connectivity index (χ3n) is 2.81. The number of rotatable bonds is 2. The Hall–Kier alpha value is -1.06. The van der Waals surface area contributed by atoms with Crippen LogP contribution in [0.25, 0.3) is 0 Å². The molecule has 0 radical (unpaired) electrons.